The third-order valence-electron chi connectivity index (χ3n) is 6.11. The number of esters is 1. The van der Waals surface area contributed by atoms with E-state index in [0.29, 0.717) is 32.8 Å². The third kappa shape index (κ3) is 5.17. The number of ether oxygens (including phenoxy) is 1. The van der Waals surface area contributed by atoms with Crippen molar-refractivity contribution in [1.82, 2.24) is 9.80 Å². The lowest BCUT2D eigenvalue weighted by molar-refractivity contribution is -0.152. The molecule has 2 saturated heterocycles. The number of benzene rings is 1. The van der Waals surface area contributed by atoms with Crippen LogP contribution >= 0.6 is 0 Å². The van der Waals surface area contributed by atoms with E-state index in [1.807, 2.05) is 11.0 Å². The Morgan fingerprint density at radius 2 is 1.86 bits per heavy atom. The second kappa shape index (κ2) is 9.42. The highest BCUT2D eigenvalue weighted by Gasteiger charge is 2.38. The summed E-state index contributed by atoms with van der Waals surface area (Å²) in [6.07, 6.45) is 2.30. The molecule has 0 aromatic heterocycles. The van der Waals surface area contributed by atoms with Gasteiger partial charge in [-0.1, -0.05) is 29.8 Å². The summed E-state index contributed by atoms with van der Waals surface area (Å²) >= 11 is 0. The van der Waals surface area contributed by atoms with E-state index in [0.717, 1.165) is 19.3 Å². The zero-order valence-corrected chi connectivity index (χ0v) is 17.7. The Hall–Kier alpha value is -2.37. The fourth-order valence-electron chi connectivity index (χ4n) is 4.59. The number of likely N-dealkylation sites (tertiary alicyclic amines) is 2. The first kappa shape index (κ1) is 21.3. The zero-order valence-electron chi connectivity index (χ0n) is 17.7. The van der Waals surface area contributed by atoms with Crippen LogP contribution in [0.2, 0.25) is 0 Å². The van der Waals surface area contributed by atoms with Crippen molar-refractivity contribution in [3.05, 3.63) is 35.4 Å². The zero-order chi connectivity index (χ0) is 21.0. The molecule has 3 rings (SSSR count). The Balaban J connectivity index is 1.74. The quantitative estimate of drug-likeness (QED) is 0.729. The van der Waals surface area contributed by atoms with Crippen LogP contribution in [0.3, 0.4) is 0 Å². The lowest BCUT2D eigenvalue weighted by atomic mass is 9.83. The molecule has 2 fully saturated rings. The average Bonchev–Trinajstić information content (AvgIpc) is 2.73. The van der Waals surface area contributed by atoms with Crippen LogP contribution in [0.5, 0.6) is 0 Å². The van der Waals surface area contributed by atoms with E-state index in [1.165, 1.54) is 11.1 Å². The number of piperidine rings is 2. The van der Waals surface area contributed by atoms with Gasteiger partial charge in [-0.15, -0.1) is 0 Å². The first-order valence-corrected chi connectivity index (χ1v) is 10.7. The van der Waals surface area contributed by atoms with Crippen LogP contribution in [-0.2, 0) is 19.1 Å². The van der Waals surface area contributed by atoms with Gasteiger partial charge in [0, 0.05) is 39.0 Å². The highest BCUT2D eigenvalue weighted by atomic mass is 16.5. The second-order valence-electron chi connectivity index (χ2n) is 8.34. The molecule has 2 aliphatic rings. The van der Waals surface area contributed by atoms with Crippen LogP contribution in [0.25, 0.3) is 0 Å². The van der Waals surface area contributed by atoms with Gasteiger partial charge in [-0.3, -0.25) is 14.4 Å². The molecule has 0 spiro atoms. The normalized spacial score (nSPS) is 24.9. The topological polar surface area (TPSA) is 66.9 Å². The molecule has 2 aliphatic heterocycles. The molecule has 2 heterocycles. The summed E-state index contributed by atoms with van der Waals surface area (Å²) in [7, 11) is 0. The number of hydrogen-bond donors (Lipinski definition) is 0. The van der Waals surface area contributed by atoms with Gasteiger partial charge in [-0.2, -0.15) is 0 Å². The molecule has 29 heavy (non-hydrogen) atoms. The van der Waals surface area contributed by atoms with Crippen molar-refractivity contribution < 1.29 is 19.1 Å². The largest absolute Gasteiger partial charge is 0.466 e. The summed E-state index contributed by atoms with van der Waals surface area (Å²) in [6.45, 7) is 7.97. The van der Waals surface area contributed by atoms with E-state index in [2.05, 4.69) is 25.1 Å². The van der Waals surface area contributed by atoms with Crippen LogP contribution in [0.4, 0.5) is 0 Å². The van der Waals surface area contributed by atoms with Gasteiger partial charge >= 0.3 is 5.97 Å². The predicted molar refractivity (Wildman–Crippen MR) is 110 cm³/mol. The molecule has 0 aliphatic carbocycles. The van der Waals surface area contributed by atoms with Crippen LogP contribution in [0.15, 0.2) is 24.3 Å². The van der Waals surface area contributed by atoms with Crippen molar-refractivity contribution in [2.75, 3.05) is 32.8 Å². The van der Waals surface area contributed by atoms with Crippen molar-refractivity contribution in [2.24, 2.45) is 11.8 Å². The first-order chi connectivity index (χ1) is 13.9. The highest BCUT2D eigenvalue weighted by Crippen LogP contribution is 2.32. The van der Waals surface area contributed by atoms with Gasteiger partial charge in [-0.05, 0) is 38.7 Å². The standard InChI is InChI=1S/C23H32N2O4/c1-4-29-23(28)19-9-6-10-24(13-19)22(27)21-12-20(14-25(15-21)17(3)26)18-8-5-7-16(2)11-18/h5,7-8,11,19-21H,4,6,9-10,12-15H2,1-3H3/t19-,20-,21+/m1/s1. The van der Waals surface area contributed by atoms with Crippen LogP contribution in [-0.4, -0.2) is 60.4 Å². The second-order valence-corrected chi connectivity index (χ2v) is 8.34. The van der Waals surface area contributed by atoms with Crippen LogP contribution in [0, 0.1) is 18.8 Å². The van der Waals surface area contributed by atoms with Gasteiger partial charge < -0.3 is 14.5 Å². The van der Waals surface area contributed by atoms with Gasteiger partial charge in [0.2, 0.25) is 11.8 Å². The molecular formula is C23H32N2O4. The monoisotopic (exact) mass is 400 g/mol. The molecule has 2 amide bonds. The summed E-state index contributed by atoms with van der Waals surface area (Å²) in [5.41, 5.74) is 2.36. The molecule has 6 nitrogen and oxygen atoms in total. The molecular weight excluding hydrogens is 368 g/mol. The van der Waals surface area contributed by atoms with E-state index >= 15 is 0 Å². The van der Waals surface area contributed by atoms with Crippen LogP contribution < -0.4 is 0 Å². The smallest absolute Gasteiger partial charge is 0.310 e. The maximum atomic E-state index is 13.3. The number of hydrogen-bond acceptors (Lipinski definition) is 4. The number of rotatable bonds is 4. The van der Waals surface area contributed by atoms with Crippen LogP contribution in [0.1, 0.15) is 50.2 Å². The van der Waals surface area contributed by atoms with Gasteiger partial charge in [0.05, 0.1) is 18.4 Å². The minimum atomic E-state index is -0.243. The third-order valence-corrected chi connectivity index (χ3v) is 6.11. The van der Waals surface area contributed by atoms with E-state index in [9.17, 15) is 14.4 Å². The Bertz CT molecular complexity index is 763. The Labute approximate surface area is 173 Å². The predicted octanol–water partition coefficient (Wildman–Crippen LogP) is 2.75. The Kier molecular flexibility index (Phi) is 6.93. The maximum absolute atomic E-state index is 13.3. The van der Waals surface area contributed by atoms with Crippen molar-refractivity contribution in [1.29, 1.82) is 0 Å². The SMILES string of the molecule is CCOC(=O)[C@@H]1CCCN(C(=O)[C@H]2C[C@@H](c3cccc(C)c3)CN(C(C)=O)C2)C1. The number of amides is 2. The van der Waals surface area contributed by atoms with Crippen molar-refractivity contribution in [3.63, 3.8) is 0 Å². The lowest BCUT2D eigenvalue weighted by Crippen LogP contribution is -2.51. The fraction of sp³-hybridized carbons (Fsp3) is 0.609. The number of nitrogens with zero attached hydrogens (tertiary/aromatic N) is 2. The van der Waals surface area contributed by atoms with E-state index < -0.39 is 0 Å². The Morgan fingerprint density at radius 3 is 2.55 bits per heavy atom. The van der Waals surface area contributed by atoms with Gasteiger partial charge in [0.1, 0.15) is 0 Å². The van der Waals surface area contributed by atoms with Gasteiger partial charge in [0.25, 0.3) is 0 Å². The van der Waals surface area contributed by atoms with Gasteiger partial charge in [0.15, 0.2) is 0 Å². The number of carbonyl (C=O) groups is 3. The molecule has 0 radical (unpaired) electrons. The molecule has 0 unspecified atom stereocenters. The maximum Gasteiger partial charge on any atom is 0.310 e. The van der Waals surface area contributed by atoms with E-state index in [4.69, 9.17) is 4.74 Å². The molecule has 158 valence electrons. The summed E-state index contributed by atoms with van der Waals surface area (Å²) in [5, 5.41) is 0. The summed E-state index contributed by atoms with van der Waals surface area (Å²) in [6, 6.07) is 8.32. The molecule has 0 saturated carbocycles. The molecule has 3 atom stereocenters. The highest BCUT2D eigenvalue weighted by molar-refractivity contribution is 5.82. The molecule has 6 heteroatoms. The minimum absolute atomic E-state index is 0.00296. The van der Waals surface area contributed by atoms with Crippen molar-refractivity contribution >= 4 is 17.8 Å². The molecule has 1 aromatic rings. The van der Waals surface area contributed by atoms with Crippen molar-refractivity contribution in [3.8, 4) is 0 Å². The van der Waals surface area contributed by atoms with E-state index in [-0.39, 0.29) is 35.5 Å². The Morgan fingerprint density at radius 1 is 1.10 bits per heavy atom. The molecule has 0 bridgehead atoms. The number of carbonyl (C=O) groups excluding carboxylic acids is 3. The summed E-state index contributed by atoms with van der Waals surface area (Å²) in [4.78, 5) is 41.2. The summed E-state index contributed by atoms with van der Waals surface area (Å²) in [5.74, 6) is -0.485. The van der Waals surface area contributed by atoms with Gasteiger partial charge in [-0.25, -0.2) is 0 Å². The average molecular weight is 401 g/mol. The van der Waals surface area contributed by atoms with E-state index in [1.54, 1.807) is 18.7 Å². The van der Waals surface area contributed by atoms with Crippen molar-refractivity contribution in [2.45, 2.75) is 46.0 Å². The fourth-order valence-corrected chi connectivity index (χ4v) is 4.59. The minimum Gasteiger partial charge on any atom is -0.466 e. The number of aryl methyl sites for hydroxylation is 1. The summed E-state index contributed by atoms with van der Waals surface area (Å²) < 4.78 is 5.16. The molecule has 1 aromatic carbocycles. The molecule has 0 N–H and O–H groups in total. The first-order valence-electron chi connectivity index (χ1n) is 10.7. The lowest BCUT2D eigenvalue weighted by Gasteiger charge is -2.40.